The number of hydrogen-bond acceptors (Lipinski definition) is 4. The fourth-order valence-electron chi connectivity index (χ4n) is 4.33. The van der Waals surface area contributed by atoms with Crippen molar-refractivity contribution >= 4 is 5.91 Å². The maximum atomic E-state index is 13.3. The van der Waals surface area contributed by atoms with Crippen molar-refractivity contribution in [3.8, 4) is 5.75 Å². The first kappa shape index (κ1) is 17.1. The van der Waals surface area contributed by atoms with E-state index in [1.807, 2.05) is 35.0 Å². The van der Waals surface area contributed by atoms with E-state index in [9.17, 15) is 4.79 Å². The van der Waals surface area contributed by atoms with Crippen LogP contribution in [0.15, 0.2) is 24.4 Å². The van der Waals surface area contributed by atoms with Crippen LogP contribution in [0.25, 0.3) is 0 Å². The second kappa shape index (κ2) is 6.76. The van der Waals surface area contributed by atoms with Crippen LogP contribution in [-0.2, 0) is 24.8 Å². The summed E-state index contributed by atoms with van der Waals surface area (Å²) in [7, 11) is 3.66. The van der Waals surface area contributed by atoms with Crippen molar-refractivity contribution in [2.24, 2.45) is 13.0 Å². The number of amides is 1. The third-order valence-electron chi connectivity index (χ3n) is 5.96. The molecule has 6 nitrogen and oxygen atoms in total. The Kier molecular flexibility index (Phi) is 4.44. The van der Waals surface area contributed by atoms with Gasteiger partial charge in [0, 0.05) is 50.4 Å². The fraction of sp³-hybridized carbons (Fsp3) is 0.500. The highest BCUT2D eigenvalue weighted by Gasteiger charge is 2.38. The summed E-state index contributed by atoms with van der Waals surface area (Å²) in [6.45, 7) is 5.06. The Bertz CT molecular complexity index is 829. The van der Waals surface area contributed by atoms with Gasteiger partial charge in [0.1, 0.15) is 5.75 Å². The Morgan fingerprint density at radius 1 is 1.35 bits per heavy atom. The molecule has 1 N–H and O–H groups in total. The molecule has 2 aromatic rings. The summed E-state index contributed by atoms with van der Waals surface area (Å²) in [4.78, 5) is 15.3. The first-order valence-corrected chi connectivity index (χ1v) is 9.23. The molecule has 0 spiro atoms. The summed E-state index contributed by atoms with van der Waals surface area (Å²) >= 11 is 0. The molecule has 1 amide bonds. The molecule has 1 aromatic carbocycles. The van der Waals surface area contributed by atoms with Crippen LogP contribution in [0.1, 0.15) is 28.3 Å². The van der Waals surface area contributed by atoms with Gasteiger partial charge >= 0.3 is 0 Å². The lowest BCUT2D eigenvalue weighted by molar-refractivity contribution is -0.136. The van der Waals surface area contributed by atoms with Gasteiger partial charge < -0.3 is 15.0 Å². The fourth-order valence-corrected chi connectivity index (χ4v) is 4.33. The number of methoxy groups -OCH3 is 1. The van der Waals surface area contributed by atoms with Gasteiger partial charge in [-0.2, -0.15) is 5.10 Å². The summed E-state index contributed by atoms with van der Waals surface area (Å²) < 4.78 is 7.36. The van der Waals surface area contributed by atoms with Gasteiger partial charge in [0.05, 0.1) is 19.2 Å². The largest absolute Gasteiger partial charge is 0.496 e. The number of aryl methyl sites for hydroxylation is 1. The topological polar surface area (TPSA) is 59.4 Å². The van der Waals surface area contributed by atoms with E-state index in [2.05, 4.69) is 23.4 Å². The van der Waals surface area contributed by atoms with E-state index < -0.39 is 0 Å². The normalized spacial score (nSPS) is 22.3. The van der Waals surface area contributed by atoms with Gasteiger partial charge in [-0.1, -0.05) is 12.1 Å². The predicted molar refractivity (Wildman–Crippen MR) is 99.2 cm³/mol. The maximum Gasteiger partial charge on any atom is 0.227 e. The minimum absolute atomic E-state index is 0.0231. The Labute approximate surface area is 154 Å². The average Bonchev–Trinajstić information content (AvgIpc) is 3.27. The number of nitrogens with zero attached hydrogens (tertiary/aromatic N) is 3. The first-order valence-electron chi connectivity index (χ1n) is 9.23. The van der Waals surface area contributed by atoms with Crippen LogP contribution in [0.4, 0.5) is 0 Å². The number of aromatic nitrogens is 2. The third-order valence-corrected chi connectivity index (χ3v) is 5.96. The minimum Gasteiger partial charge on any atom is -0.496 e. The van der Waals surface area contributed by atoms with Crippen molar-refractivity contribution in [2.45, 2.75) is 25.8 Å². The van der Waals surface area contributed by atoms with Gasteiger partial charge in [-0.05, 0) is 30.5 Å². The predicted octanol–water partition coefficient (Wildman–Crippen LogP) is 1.63. The zero-order valence-corrected chi connectivity index (χ0v) is 15.7. The highest BCUT2D eigenvalue weighted by Crippen LogP contribution is 2.34. The monoisotopic (exact) mass is 354 g/mol. The number of hydrogen-bond donors (Lipinski definition) is 1. The van der Waals surface area contributed by atoms with Crippen molar-refractivity contribution in [3.63, 3.8) is 0 Å². The zero-order chi connectivity index (χ0) is 18.3. The zero-order valence-electron chi connectivity index (χ0n) is 15.7. The van der Waals surface area contributed by atoms with Crippen LogP contribution in [0.5, 0.6) is 5.75 Å². The molecular weight excluding hydrogens is 328 g/mol. The maximum absolute atomic E-state index is 13.3. The molecule has 0 saturated carbocycles. The Morgan fingerprint density at radius 2 is 2.19 bits per heavy atom. The number of carbonyl (C=O) groups is 1. The molecule has 26 heavy (non-hydrogen) atoms. The number of benzene rings is 1. The molecule has 3 heterocycles. The molecule has 0 radical (unpaired) electrons. The van der Waals surface area contributed by atoms with E-state index >= 15 is 0 Å². The molecular formula is C20H26N4O2. The van der Waals surface area contributed by atoms with Crippen molar-refractivity contribution in [1.82, 2.24) is 20.0 Å². The average molecular weight is 354 g/mol. The number of fused-ring (bicyclic) bond motifs is 1. The molecule has 1 saturated heterocycles. The standard InChI is InChI=1S/C20H26N4O2/c1-13-16(11-22-23(13)2)17-9-21-10-18(17)20(25)24-8-7-15-14(12-24)5-4-6-19(15)26-3/h4-6,11,17-18,21H,7-10,12H2,1-3H3/t17-,18+/m1/s1. The summed E-state index contributed by atoms with van der Waals surface area (Å²) in [5, 5.41) is 7.78. The van der Waals surface area contributed by atoms with Crippen molar-refractivity contribution < 1.29 is 9.53 Å². The molecule has 1 aromatic heterocycles. The van der Waals surface area contributed by atoms with Gasteiger partial charge in [-0.3, -0.25) is 9.48 Å². The van der Waals surface area contributed by atoms with E-state index in [0.717, 1.165) is 37.5 Å². The molecule has 4 rings (SSSR count). The van der Waals surface area contributed by atoms with Gasteiger partial charge in [0.2, 0.25) is 5.91 Å². The van der Waals surface area contributed by atoms with Gasteiger partial charge in [-0.15, -0.1) is 0 Å². The molecule has 0 unspecified atom stereocenters. The highest BCUT2D eigenvalue weighted by atomic mass is 16.5. The van der Waals surface area contributed by atoms with Crippen LogP contribution >= 0.6 is 0 Å². The summed E-state index contributed by atoms with van der Waals surface area (Å²) in [5.41, 5.74) is 4.77. The van der Waals surface area contributed by atoms with Crippen LogP contribution in [-0.4, -0.2) is 47.3 Å². The van der Waals surface area contributed by atoms with E-state index in [-0.39, 0.29) is 17.7 Å². The summed E-state index contributed by atoms with van der Waals surface area (Å²) in [6.07, 6.45) is 2.77. The lowest BCUT2D eigenvalue weighted by Crippen LogP contribution is -2.41. The Morgan fingerprint density at radius 3 is 2.92 bits per heavy atom. The van der Waals surface area contributed by atoms with E-state index in [4.69, 9.17) is 4.74 Å². The van der Waals surface area contributed by atoms with Crippen molar-refractivity contribution in [1.29, 1.82) is 0 Å². The summed E-state index contributed by atoms with van der Waals surface area (Å²) in [5.74, 6) is 1.35. The van der Waals surface area contributed by atoms with Crippen molar-refractivity contribution in [3.05, 3.63) is 46.8 Å². The lowest BCUT2D eigenvalue weighted by atomic mass is 9.87. The third kappa shape index (κ3) is 2.78. The highest BCUT2D eigenvalue weighted by molar-refractivity contribution is 5.81. The first-order chi connectivity index (χ1) is 12.6. The van der Waals surface area contributed by atoms with Crippen molar-refractivity contribution in [2.75, 3.05) is 26.7 Å². The second-order valence-electron chi connectivity index (χ2n) is 7.29. The van der Waals surface area contributed by atoms with E-state index in [0.29, 0.717) is 6.54 Å². The smallest absolute Gasteiger partial charge is 0.227 e. The number of carbonyl (C=O) groups excluding carboxylic acids is 1. The number of nitrogens with one attached hydrogen (secondary N) is 1. The molecule has 138 valence electrons. The van der Waals surface area contributed by atoms with Gasteiger partial charge in [0.25, 0.3) is 0 Å². The second-order valence-corrected chi connectivity index (χ2v) is 7.29. The van der Waals surface area contributed by atoms with Gasteiger partial charge in [-0.25, -0.2) is 0 Å². The Hall–Kier alpha value is -2.34. The van der Waals surface area contributed by atoms with Crippen LogP contribution in [0.3, 0.4) is 0 Å². The molecule has 6 heteroatoms. The van der Waals surface area contributed by atoms with Crippen LogP contribution in [0, 0.1) is 12.8 Å². The summed E-state index contributed by atoms with van der Waals surface area (Å²) in [6, 6.07) is 6.11. The van der Waals surface area contributed by atoms with E-state index in [1.54, 1.807) is 7.11 Å². The van der Waals surface area contributed by atoms with Gasteiger partial charge in [0.15, 0.2) is 0 Å². The van der Waals surface area contributed by atoms with Crippen LogP contribution < -0.4 is 10.1 Å². The molecule has 2 atom stereocenters. The Balaban J connectivity index is 1.55. The number of rotatable bonds is 3. The van der Waals surface area contributed by atoms with E-state index in [1.165, 1.54) is 16.7 Å². The number of ether oxygens (including phenoxy) is 1. The molecule has 2 aliphatic heterocycles. The molecule has 2 aliphatic rings. The van der Waals surface area contributed by atoms with Crippen LogP contribution in [0.2, 0.25) is 0 Å². The molecule has 1 fully saturated rings. The lowest BCUT2D eigenvalue weighted by Gasteiger charge is -2.32. The quantitative estimate of drug-likeness (QED) is 0.910. The SMILES string of the molecule is COc1cccc2c1CCN(C(=O)[C@H]1CNC[C@@H]1c1cnn(C)c1C)C2. The molecule has 0 bridgehead atoms. The molecule has 0 aliphatic carbocycles. The minimum atomic E-state index is -0.0231.